The molecule has 2 aromatic rings. The van der Waals surface area contributed by atoms with E-state index in [0.29, 0.717) is 29.1 Å². The summed E-state index contributed by atoms with van der Waals surface area (Å²) in [6.45, 7) is 9.38. The number of allylic oxidation sites excluding steroid dienone is 1. The number of rotatable bonds is 15. The van der Waals surface area contributed by atoms with Crippen molar-refractivity contribution < 1.29 is 33.8 Å². The van der Waals surface area contributed by atoms with Gasteiger partial charge >= 0.3 is 5.97 Å². The molecule has 0 saturated carbocycles. The molecule has 7 atom stereocenters. The topological polar surface area (TPSA) is 125 Å². The fraction of sp³-hybridized carbons (Fsp3) is 0.444. The number of hydrogen-bond donors (Lipinski definition) is 2. The molecule has 0 aliphatic carbocycles. The van der Waals surface area contributed by atoms with Gasteiger partial charge in [-0.2, -0.15) is 0 Å². The van der Waals surface area contributed by atoms with E-state index in [1.807, 2.05) is 31.2 Å². The molecule has 3 saturated heterocycles. The molecule has 48 heavy (non-hydrogen) atoms. The molecule has 1 unspecified atom stereocenters. The highest BCUT2D eigenvalue weighted by molar-refractivity contribution is 9.09. The molecule has 2 N–H and O–H groups in total. The second-order valence-electron chi connectivity index (χ2n) is 12.4. The van der Waals surface area contributed by atoms with Gasteiger partial charge in [0, 0.05) is 30.9 Å². The lowest BCUT2D eigenvalue weighted by Crippen LogP contribution is -2.57. The maximum Gasteiger partial charge on any atom is 0.313 e. The molecule has 3 fully saturated rings. The summed E-state index contributed by atoms with van der Waals surface area (Å²) >= 11 is 10.3. The molecule has 1 spiro atoms. The Morgan fingerprint density at radius 3 is 2.62 bits per heavy atom. The number of aliphatic hydroxyl groups excluding tert-OH is 1. The van der Waals surface area contributed by atoms with Crippen LogP contribution in [0.4, 0.5) is 5.69 Å². The number of esters is 1. The first-order valence-electron chi connectivity index (χ1n) is 16.1. The lowest BCUT2D eigenvalue weighted by Gasteiger charge is -2.37. The van der Waals surface area contributed by atoms with Crippen LogP contribution in [0.3, 0.4) is 0 Å². The fourth-order valence-electron chi connectivity index (χ4n) is 7.33. The van der Waals surface area contributed by atoms with Crippen LogP contribution in [0.25, 0.3) is 0 Å². The number of fused-ring (bicyclic) bond motifs is 1. The lowest BCUT2D eigenvalue weighted by atomic mass is 9.70. The van der Waals surface area contributed by atoms with Crippen molar-refractivity contribution >= 4 is 56.9 Å². The minimum absolute atomic E-state index is 0.0307. The maximum atomic E-state index is 14.8. The van der Waals surface area contributed by atoms with Crippen molar-refractivity contribution in [2.75, 3.05) is 31.1 Å². The molecule has 3 aliphatic rings. The minimum Gasteiger partial charge on any atom is -0.455 e. The Kier molecular flexibility index (Phi) is 11.5. The number of hydrogen-bond acceptors (Lipinski definition) is 7. The normalized spacial score (nSPS) is 26.1. The van der Waals surface area contributed by atoms with Crippen LogP contribution in [0.2, 0.25) is 5.02 Å². The maximum absolute atomic E-state index is 14.8. The van der Waals surface area contributed by atoms with Gasteiger partial charge in [0.1, 0.15) is 17.7 Å². The van der Waals surface area contributed by atoms with Crippen LogP contribution in [-0.4, -0.2) is 82.5 Å². The van der Waals surface area contributed by atoms with Crippen molar-refractivity contribution in [2.24, 2.45) is 11.8 Å². The Balaban J connectivity index is 1.49. The molecular formula is C36H41BrClN3O7. The Hall–Kier alpha value is -3.51. The number of carbonyl (C=O) groups is 4. The van der Waals surface area contributed by atoms with Gasteiger partial charge in [-0.05, 0) is 43.4 Å². The van der Waals surface area contributed by atoms with E-state index in [0.717, 1.165) is 5.56 Å². The molecule has 3 heterocycles. The van der Waals surface area contributed by atoms with Gasteiger partial charge < -0.3 is 29.7 Å². The first-order chi connectivity index (χ1) is 23.1. The zero-order chi connectivity index (χ0) is 34.6. The Labute approximate surface area is 294 Å². The first kappa shape index (κ1) is 35.8. The zero-order valence-corrected chi connectivity index (χ0v) is 29.2. The van der Waals surface area contributed by atoms with Crippen molar-refractivity contribution in [3.05, 3.63) is 90.0 Å². The van der Waals surface area contributed by atoms with Gasteiger partial charge in [-0.25, -0.2) is 0 Å². The Morgan fingerprint density at radius 2 is 1.96 bits per heavy atom. The number of nitrogens with one attached hydrogen (secondary N) is 1. The molecular weight excluding hydrogens is 702 g/mol. The number of amides is 3. The number of aliphatic hydroxyl groups is 1. The number of nitrogens with zero attached hydrogens (tertiary/aromatic N) is 2. The summed E-state index contributed by atoms with van der Waals surface area (Å²) < 4.78 is 12.8. The Bertz CT molecular complexity index is 1540. The van der Waals surface area contributed by atoms with Crippen LogP contribution in [0.15, 0.2) is 73.8 Å². The number of carbonyl (C=O) groups excluding carboxylic acids is 4. The standard InChI is InChI=1S/C36H41BrClN3O7/c1-4-6-16-27(43)39-21-26(23-13-8-7-9-14-23)47-35(46)28-29-33(44)41(18-11-19-42)32(36(29)20-24(37)31(28)48-36)34(45)40(17-5-2)30-22(3)12-10-15-25(30)38/h4-5,7-10,12-15,24,26,28-29,31-32,42H,1-2,6,11,16-21H2,3H3,(H,39,43)/t24?,26-,28-,29+,31-,32-,36+/m1/s1. The van der Waals surface area contributed by atoms with E-state index in [4.69, 9.17) is 21.1 Å². The third-order valence-corrected chi connectivity index (χ3v) is 10.5. The number of halogens is 2. The predicted octanol–water partition coefficient (Wildman–Crippen LogP) is 4.66. The average molecular weight is 743 g/mol. The quantitative estimate of drug-likeness (QED) is 0.155. The molecule has 0 aromatic heterocycles. The number of alkyl halides is 1. The van der Waals surface area contributed by atoms with E-state index in [1.54, 1.807) is 36.4 Å². The third-order valence-electron chi connectivity index (χ3n) is 9.38. The van der Waals surface area contributed by atoms with Crippen LogP contribution >= 0.6 is 27.5 Å². The highest BCUT2D eigenvalue weighted by atomic mass is 79.9. The molecule has 256 valence electrons. The SMILES string of the molecule is C=CCCC(=O)NC[C@@H](OC(=O)[C@H]1[C@@H]2O[C@@]3(CC2Br)[C@@H]1C(=O)N(CCCO)[C@@H]3C(=O)N(CC=C)c1c(C)cccc1Cl)c1ccccc1. The summed E-state index contributed by atoms with van der Waals surface area (Å²) in [5.41, 5.74) is 0.591. The summed E-state index contributed by atoms with van der Waals surface area (Å²) in [7, 11) is 0. The molecule has 2 aromatic carbocycles. The van der Waals surface area contributed by atoms with Crippen LogP contribution in [0.5, 0.6) is 0 Å². The van der Waals surface area contributed by atoms with E-state index in [2.05, 4.69) is 34.4 Å². The van der Waals surface area contributed by atoms with Crippen LogP contribution in [0.1, 0.15) is 42.9 Å². The lowest BCUT2D eigenvalue weighted by molar-refractivity contribution is -0.160. The summed E-state index contributed by atoms with van der Waals surface area (Å²) in [5, 5.41) is 12.9. The molecule has 0 radical (unpaired) electrons. The summed E-state index contributed by atoms with van der Waals surface area (Å²) in [6, 6.07) is 13.3. The minimum atomic E-state index is -1.35. The average Bonchev–Trinajstić information content (AvgIpc) is 3.67. The monoisotopic (exact) mass is 741 g/mol. The highest BCUT2D eigenvalue weighted by Gasteiger charge is 2.77. The predicted molar refractivity (Wildman–Crippen MR) is 186 cm³/mol. The van der Waals surface area contributed by atoms with Crippen LogP contribution in [0, 0.1) is 18.8 Å². The van der Waals surface area contributed by atoms with Gasteiger partial charge in [-0.3, -0.25) is 19.2 Å². The van der Waals surface area contributed by atoms with E-state index < -0.39 is 53.5 Å². The van der Waals surface area contributed by atoms with Crippen molar-refractivity contribution in [1.29, 1.82) is 0 Å². The molecule has 2 bridgehead atoms. The van der Waals surface area contributed by atoms with Crippen molar-refractivity contribution in [3.63, 3.8) is 0 Å². The van der Waals surface area contributed by atoms with Gasteiger partial charge in [0.05, 0.1) is 35.2 Å². The van der Waals surface area contributed by atoms with E-state index in [-0.39, 0.29) is 49.8 Å². The highest BCUT2D eigenvalue weighted by Crippen LogP contribution is 2.60. The van der Waals surface area contributed by atoms with Crippen LogP contribution < -0.4 is 10.2 Å². The van der Waals surface area contributed by atoms with Crippen molar-refractivity contribution in [2.45, 2.75) is 61.3 Å². The third kappa shape index (κ3) is 6.70. The molecule has 10 nitrogen and oxygen atoms in total. The zero-order valence-electron chi connectivity index (χ0n) is 26.9. The second kappa shape index (κ2) is 15.4. The Morgan fingerprint density at radius 1 is 1.21 bits per heavy atom. The number of anilines is 1. The fourth-order valence-corrected chi connectivity index (χ4v) is 8.60. The van der Waals surface area contributed by atoms with Crippen LogP contribution in [-0.2, 0) is 28.7 Å². The smallest absolute Gasteiger partial charge is 0.313 e. The second-order valence-corrected chi connectivity index (χ2v) is 14.0. The van der Waals surface area contributed by atoms with E-state index in [9.17, 15) is 24.3 Å². The molecule has 3 aliphatic heterocycles. The number of para-hydroxylation sites is 1. The van der Waals surface area contributed by atoms with Gasteiger partial charge in [-0.1, -0.05) is 82.1 Å². The molecule has 3 amide bonds. The van der Waals surface area contributed by atoms with Gasteiger partial charge in [-0.15, -0.1) is 13.2 Å². The van der Waals surface area contributed by atoms with Crippen molar-refractivity contribution in [3.8, 4) is 0 Å². The number of benzene rings is 2. The van der Waals surface area contributed by atoms with E-state index >= 15 is 0 Å². The number of likely N-dealkylation sites (tertiary alicyclic amines) is 1. The summed E-state index contributed by atoms with van der Waals surface area (Å²) in [5.74, 6) is -3.72. The molecule has 5 rings (SSSR count). The van der Waals surface area contributed by atoms with Gasteiger partial charge in [0.2, 0.25) is 11.8 Å². The van der Waals surface area contributed by atoms with Crippen molar-refractivity contribution in [1.82, 2.24) is 10.2 Å². The summed E-state index contributed by atoms with van der Waals surface area (Å²) in [4.78, 5) is 58.4. The van der Waals surface area contributed by atoms with Gasteiger partial charge in [0.15, 0.2) is 0 Å². The number of aryl methyl sites for hydroxylation is 1. The summed E-state index contributed by atoms with van der Waals surface area (Å²) in [6.07, 6.45) is 2.95. The first-order valence-corrected chi connectivity index (χ1v) is 17.4. The molecule has 12 heteroatoms. The van der Waals surface area contributed by atoms with E-state index in [1.165, 1.54) is 9.80 Å². The number of ether oxygens (including phenoxy) is 2. The van der Waals surface area contributed by atoms with Gasteiger partial charge in [0.25, 0.3) is 5.91 Å². The largest absolute Gasteiger partial charge is 0.455 e.